The molecule has 2 aliphatic heterocycles. The molecule has 3 aromatic rings. The van der Waals surface area contributed by atoms with Crippen molar-refractivity contribution in [2.24, 2.45) is 5.16 Å². The van der Waals surface area contributed by atoms with E-state index in [1.54, 1.807) is 18.5 Å². The van der Waals surface area contributed by atoms with Gasteiger partial charge in [0.1, 0.15) is 22.6 Å². The number of nitrogens with zero attached hydrogens (tertiary/aromatic N) is 6. The van der Waals surface area contributed by atoms with Gasteiger partial charge in [-0.3, -0.25) is 14.5 Å². The molecule has 0 spiro atoms. The van der Waals surface area contributed by atoms with Crippen LogP contribution in [0, 0.1) is 0 Å². The highest BCUT2D eigenvalue weighted by Gasteiger charge is 2.54. The minimum absolute atomic E-state index is 0.0682. The van der Waals surface area contributed by atoms with Crippen LogP contribution in [-0.2, 0) is 19.1 Å². The molecule has 1 saturated heterocycles. The molecule has 42 heavy (non-hydrogen) atoms. The molecule has 1 fully saturated rings. The van der Waals surface area contributed by atoms with E-state index in [0.717, 1.165) is 11.5 Å². The summed E-state index contributed by atoms with van der Waals surface area (Å²) in [6, 6.07) is 4.93. The number of carboxylic acid groups (broad SMARTS) is 1. The molecule has 218 valence electrons. The van der Waals surface area contributed by atoms with Crippen LogP contribution in [0.3, 0.4) is 0 Å². The number of thioether (sulfide) groups is 2. The number of nitrogen functional groups attached to an aromatic ring is 1. The maximum atomic E-state index is 13.3. The summed E-state index contributed by atoms with van der Waals surface area (Å²) in [5, 5.41) is 23.5. The molecule has 1 aromatic carbocycles. The first-order valence-corrected chi connectivity index (χ1v) is 15.7. The Bertz CT molecular complexity index is 1590. The van der Waals surface area contributed by atoms with Crippen molar-refractivity contribution in [2.75, 3.05) is 23.8 Å². The predicted molar refractivity (Wildman–Crippen MR) is 154 cm³/mol. The van der Waals surface area contributed by atoms with Crippen molar-refractivity contribution in [1.29, 1.82) is 0 Å². The zero-order valence-electron chi connectivity index (χ0n) is 21.5. The number of nitrogens with two attached hydrogens (primary N) is 1. The van der Waals surface area contributed by atoms with E-state index in [1.807, 2.05) is 0 Å². The number of carbonyl (C=O) groups excluding carboxylic acids is 3. The van der Waals surface area contributed by atoms with Crippen molar-refractivity contribution in [3.63, 3.8) is 0 Å². The van der Waals surface area contributed by atoms with Gasteiger partial charge in [-0.1, -0.05) is 34.3 Å². The Balaban J connectivity index is 1.33. The van der Waals surface area contributed by atoms with Gasteiger partial charge in [-0.2, -0.15) is 9.36 Å². The molecular weight excluding hydrogens is 629 g/mol. The molecule has 2 aromatic heterocycles. The summed E-state index contributed by atoms with van der Waals surface area (Å²) < 4.78 is 9.68. The minimum atomic E-state index is -1.24. The van der Waals surface area contributed by atoms with Crippen molar-refractivity contribution < 1.29 is 33.9 Å². The van der Waals surface area contributed by atoms with Crippen molar-refractivity contribution in [3.05, 3.63) is 52.4 Å². The van der Waals surface area contributed by atoms with E-state index in [-0.39, 0.29) is 40.3 Å². The maximum Gasteiger partial charge on any atom is 0.352 e. The van der Waals surface area contributed by atoms with Crippen LogP contribution in [0.5, 0.6) is 5.75 Å². The van der Waals surface area contributed by atoms with Crippen LogP contribution in [0.15, 0.2) is 50.5 Å². The van der Waals surface area contributed by atoms with Crippen LogP contribution in [0.1, 0.15) is 23.1 Å². The molecular formula is C23H20N8O7S4. The first-order valence-electron chi connectivity index (χ1n) is 12.0. The predicted octanol–water partition coefficient (Wildman–Crippen LogP) is 1.46. The molecule has 4 N–H and O–H groups in total. The van der Waals surface area contributed by atoms with Gasteiger partial charge in [-0.15, -0.1) is 22.0 Å². The lowest BCUT2D eigenvalue weighted by molar-refractivity contribution is -0.150. The topological polar surface area (TPSA) is 212 Å². The number of benzene rings is 1. The fourth-order valence-electron chi connectivity index (χ4n) is 3.89. The lowest BCUT2D eigenvalue weighted by Gasteiger charge is -2.49. The molecule has 0 saturated carbocycles. The summed E-state index contributed by atoms with van der Waals surface area (Å²) in [5.74, 6) is -2.60. The Labute approximate surface area is 253 Å². The second-order valence-electron chi connectivity index (χ2n) is 8.35. The molecule has 15 nitrogen and oxygen atoms in total. The zero-order valence-corrected chi connectivity index (χ0v) is 24.7. The average molecular weight is 649 g/mol. The van der Waals surface area contributed by atoms with Gasteiger partial charge in [0.2, 0.25) is 11.5 Å². The number of hydrogen-bond donors (Lipinski definition) is 3. The van der Waals surface area contributed by atoms with E-state index in [4.69, 9.17) is 15.3 Å². The number of carboxylic acids is 1. The summed E-state index contributed by atoms with van der Waals surface area (Å²) in [5.41, 5.74) is 7.56. The van der Waals surface area contributed by atoms with Crippen LogP contribution in [-0.4, -0.2) is 88.6 Å². The summed E-state index contributed by atoms with van der Waals surface area (Å²) in [6.45, 7) is 1.87. The lowest BCUT2D eigenvalue weighted by atomic mass is 10.0. The quantitative estimate of drug-likeness (QED) is 0.0883. The van der Waals surface area contributed by atoms with Gasteiger partial charge in [0, 0.05) is 23.0 Å². The van der Waals surface area contributed by atoms with Gasteiger partial charge >= 0.3 is 11.9 Å². The number of carbonyl (C=O) groups is 4. The second kappa shape index (κ2) is 12.8. The van der Waals surface area contributed by atoms with Gasteiger partial charge in [0.25, 0.3) is 11.8 Å². The smallest absolute Gasteiger partial charge is 0.352 e. The first-order chi connectivity index (χ1) is 20.3. The normalized spacial score (nSPS) is 18.3. The number of anilines is 1. The number of oxime groups is 1. The number of aliphatic carboxylic acids is 1. The highest BCUT2D eigenvalue weighted by atomic mass is 32.2. The van der Waals surface area contributed by atoms with Crippen molar-refractivity contribution in [2.45, 2.75) is 22.7 Å². The van der Waals surface area contributed by atoms with Gasteiger partial charge in [0.05, 0.1) is 12.2 Å². The highest BCUT2D eigenvalue weighted by molar-refractivity contribution is 8.01. The van der Waals surface area contributed by atoms with E-state index >= 15 is 0 Å². The highest BCUT2D eigenvalue weighted by Crippen LogP contribution is 2.41. The third-order valence-electron chi connectivity index (χ3n) is 5.70. The number of ether oxygens (including phenoxy) is 1. The summed E-state index contributed by atoms with van der Waals surface area (Å²) in [4.78, 5) is 61.2. The number of β-lactam (4-membered cyclic amide) rings is 1. The van der Waals surface area contributed by atoms with Crippen molar-refractivity contribution in [3.8, 4) is 5.75 Å². The summed E-state index contributed by atoms with van der Waals surface area (Å²) in [7, 11) is 0. The van der Waals surface area contributed by atoms with Crippen LogP contribution < -0.4 is 15.9 Å². The van der Waals surface area contributed by atoms with Crippen LogP contribution in [0.2, 0.25) is 0 Å². The Hall–Kier alpha value is -4.07. The number of aromatic nitrogens is 4. The number of fused-ring (bicyclic) bond motifs is 1. The Morgan fingerprint density at radius 2 is 2.17 bits per heavy atom. The fourth-order valence-corrected chi connectivity index (χ4v) is 7.29. The van der Waals surface area contributed by atoms with Gasteiger partial charge in [-0.25, -0.2) is 9.59 Å². The Kier molecular flexibility index (Phi) is 9.00. The third-order valence-corrected chi connectivity index (χ3v) is 9.53. The van der Waals surface area contributed by atoms with E-state index in [9.17, 15) is 24.3 Å². The maximum absolute atomic E-state index is 13.3. The van der Waals surface area contributed by atoms with Gasteiger partial charge in [0.15, 0.2) is 15.2 Å². The van der Waals surface area contributed by atoms with Gasteiger partial charge < -0.3 is 25.7 Å². The Morgan fingerprint density at radius 3 is 2.86 bits per heavy atom. The number of amides is 2. The Morgan fingerprint density at radius 1 is 1.33 bits per heavy atom. The largest absolute Gasteiger partial charge is 0.477 e. The molecule has 1 unspecified atom stereocenters. The van der Waals surface area contributed by atoms with Crippen LogP contribution in [0.4, 0.5) is 5.13 Å². The van der Waals surface area contributed by atoms with Crippen LogP contribution >= 0.6 is 46.4 Å². The molecule has 19 heteroatoms. The number of nitrogens with one attached hydrogen (secondary N) is 1. The molecule has 4 heterocycles. The van der Waals surface area contributed by atoms with E-state index in [0.29, 0.717) is 21.4 Å². The van der Waals surface area contributed by atoms with Gasteiger partial charge in [-0.05, 0) is 30.7 Å². The van der Waals surface area contributed by atoms with E-state index < -0.39 is 35.2 Å². The molecule has 0 radical (unpaired) electrons. The lowest BCUT2D eigenvalue weighted by Crippen LogP contribution is -2.71. The number of esters is 1. The molecule has 5 rings (SSSR count). The molecule has 0 aliphatic carbocycles. The molecule has 2 atom stereocenters. The second-order valence-corrected chi connectivity index (χ2v) is 12.3. The monoisotopic (exact) mass is 648 g/mol. The zero-order chi connectivity index (χ0) is 29.8. The summed E-state index contributed by atoms with van der Waals surface area (Å²) in [6.07, 6.45) is 0. The van der Waals surface area contributed by atoms with Crippen LogP contribution in [0.25, 0.3) is 0 Å². The molecule has 0 bridgehead atoms. The fraction of sp³-hybridized carbons (Fsp3) is 0.261. The number of hydrogen-bond acceptors (Lipinski definition) is 16. The first kappa shape index (κ1) is 29.4. The molecule has 2 amide bonds. The van der Waals surface area contributed by atoms with Crippen molar-refractivity contribution >= 4 is 81.0 Å². The SMILES string of the molecule is CCOC(=O)c1cccc(O/N=C(\C(=O)NC2C(=O)N3C(C(=O)O)=C(CSc4nncs4)CS[C@H]23)c2nsc(N)n2)c1. The van der Waals surface area contributed by atoms with E-state index in [2.05, 4.69) is 30.0 Å². The van der Waals surface area contributed by atoms with E-state index in [1.165, 1.54) is 58.0 Å². The average Bonchev–Trinajstić information content (AvgIpc) is 3.66. The third kappa shape index (κ3) is 6.22. The number of rotatable bonds is 11. The molecule has 2 aliphatic rings. The summed E-state index contributed by atoms with van der Waals surface area (Å²) >= 11 is 4.81. The minimum Gasteiger partial charge on any atom is -0.477 e. The standard InChI is InChI=1S/C23H20N8O7S4/c1-2-37-21(36)10-4-3-5-12(6-10)38-29-13(16-27-22(24)42-30-16)17(32)26-14-18(33)31-15(20(34)35)11(7-39-19(14)31)8-40-23-28-25-9-41-23/h3-6,9,14,19H,2,7-8H2,1H3,(H,26,32)(H,34,35)(H2,24,27,30)/b29-13-/t14?,19-/m1/s1. The van der Waals surface area contributed by atoms with Crippen molar-refractivity contribution in [1.82, 2.24) is 29.8 Å².